The Morgan fingerprint density at radius 1 is 0.931 bits per heavy atom. The molecule has 10 nitrogen and oxygen atoms in total. The molecule has 1 aromatic carbocycles. The second kappa shape index (κ2) is 12.8. The highest BCUT2D eigenvalue weighted by Gasteiger charge is 2.43. The predicted octanol–water partition coefficient (Wildman–Crippen LogP) is -1.73. The van der Waals surface area contributed by atoms with E-state index in [0.29, 0.717) is 31.9 Å². The Hall–Kier alpha value is -1.63. The van der Waals surface area contributed by atoms with Gasteiger partial charge in [0.05, 0.1) is 39.6 Å². The van der Waals surface area contributed by atoms with E-state index in [0.717, 1.165) is 0 Å². The maximum atomic E-state index is 11.8. The van der Waals surface area contributed by atoms with Crippen LogP contribution in [0.5, 0.6) is 0 Å². The Kier molecular flexibility index (Phi) is 10.5. The number of aliphatic hydroxyl groups is 4. The minimum atomic E-state index is -1.47. The van der Waals surface area contributed by atoms with Gasteiger partial charge in [0, 0.05) is 12.1 Å². The van der Waals surface area contributed by atoms with Crippen LogP contribution in [-0.4, -0.2) is 103 Å². The molecule has 10 heteroatoms. The van der Waals surface area contributed by atoms with Gasteiger partial charge in [-0.15, -0.1) is 0 Å². The number of nitrogens with one attached hydrogen (secondary N) is 1. The Balaban J connectivity index is 1.46. The molecule has 0 saturated carbocycles. The third-order valence-corrected chi connectivity index (χ3v) is 4.30. The molecule has 1 aliphatic rings. The molecule has 1 fully saturated rings. The van der Waals surface area contributed by atoms with E-state index in [-0.39, 0.29) is 19.1 Å². The minimum Gasteiger partial charge on any atom is -0.394 e. The van der Waals surface area contributed by atoms with Crippen LogP contribution >= 0.6 is 0 Å². The molecule has 1 aliphatic heterocycles. The first kappa shape index (κ1) is 23.6. The molecule has 0 aliphatic carbocycles. The predicted molar refractivity (Wildman–Crippen MR) is 100 cm³/mol. The third kappa shape index (κ3) is 7.61. The highest BCUT2D eigenvalue weighted by molar-refractivity contribution is 5.94. The van der Waals surface area contributed by atoms with Crippen LogP contribution in [0, 0.1) is 0 Å². The lowest BCUT2D eigenvalue weighted by Crippen LogP contribution is -2.59. The number of ether oxygens (including phenoxy) is 4. The summed E-state index contributed by atoms with van der Waals surface area (Å²) in [5.74, 6) is -0.157. The molecule has 1 amide bonds. The molecule has 1 heterocycles. The SMILES string of the molecule is O=C(NCCOCCOCCO[C@H]1OC(CO)[C@@H](O)C(O)C1O)c1ccccc1. The van der Waals surface area contributed by atoms with Crippen molar-refractivity contribution in [2.24, 2.45) is 0 Å². The number of carbonyl (C=O) groups is 1. The lowest BCUT2D eigenvalue weighted by atomic mass is 9.99. The zero-order valence-electron chi connectivity index (χ0n) is 16.1. The van der Waals surface area contributed by atoms with Gasteiger partial charge in [-0.1, -0.05) is 18.2 Å². The van der Waals surface area contributed by atoms with Crippen molar-refractivity contribution in [1.29, 1.82) is 0 Å². The van der Waals surface area contributed by atoms with Gasteiger partial charge in [0.15, 0.2) is 6.29 Å². The van der Waals surface area contributed by atoms with Crippen LogP contribution in [-0.2, 0) is 18.9 Å². The van der Waals surface area contributed by atoms with Gasteiger partial charge in [0.25, 0.3) is 5.91 Å². The molecule has 0 spiro atoms. The first-order chi connectivity index (χ1) is 14.0. The van der Waals surface area contributed by atoms with Gasteiger partial charge < -0.3 is 44.7 Å². The molecular formula is C19H29NO9. The summed E-state index contributed by atoms with van der Waals surface area (Å²) in [5, 5.41) is 41.0. The number of carbonyl (C=O) groups excluding carboxylic acids is 1. The lowest BCUT2D eigenvalue weighted by Gasteiger charge is -2.39. The number of rotatable bonds is 12. The molecule has 0 radical (unpaired) electrons. The van der Waals surface area contributed by atoms with Crippen LogP contribution in [0.3, 0.4) is 0 Å². The molecule has 5 atom stereocenters. The van der Waals surface area contributed by atoms with Crippen LogP contribution in [0.4, 0.5) is 0 Å². The summed E-state index contributed by atoms with van der Waals surface area (Å²) in [6, 6.07) is 8.90. The monoisotopic (exact) mass is 415 g/mol. The van der Waals surface area contributed by atoms with E-state index in [9.17, 15) is 20.1 Å². The number of hydrogen-bond acceptors (Lipinski definition) is 9. The number of hydrogen-bond donors (Lipinski definition) is 5. The Bertz CT molecular complexity index is 586. The average Bonchev–Trinajstić information content (AvgIpc) is 2.75. The quantitative estimate of drug-likeness (QED) is 0.251. The van der Waals surface area contributed by atoms with E-state index < -0.39 is 37.3 Å². The second-order valence-corrected chi connectivity index (χ2v) is 6.41. The fraction of sp³-hybridized carbons (Fsp3) is 0.632. The maximum Gasteiger partial charge on any atom is 0.251 e. The average molecular weight is 415 g/mol. The summed E-state index contributed by atoms with van der Waals surface area (Å²) in [6.45, 7) is 1.15. The standard InChI is InChI=1S/C19H29NO9/c21-12-14-15(22)16(23)17(24)19(29-14)28-11-10-27-9-8-26-7-6-20-18(25)13-4-2-1-3-5-13/h1-5,14-17,19,21-24H,6-12H2,(H,20,25)/t14?,15-,16?,17?,19+/m1/s1. The Labute approximate surface area is 169 Å². The molecule has 0 aromatic heterocycles. The van der Waals surface area contributed by atoms with Gasteiger partial charge >= 0.3 is 0 Å². The second-order valence-electron chi connectivity index (χ2n) is 6.41. The van der Waals surface area contributed by atoms with Crippen molar-refractivity contribution >= 4 is 5.91 Å². The van der Waals surface area contributed by atoms with Crippen molar-refractivity contribution in [3.8, 4) is 0 Å². The zero-order chi connectivity index (χ0) is 21.1. The van der Waals surface area contributed by atoms with Crippen LogP contribution in [0.2, 0.25) is 0 Å². The summed E-state index contributed by atoms with van der Waals surface area (Å²) in [6.07, 6.45) is -6.49. The lowest BCUT2D eigenvalue weighted by molar-refractivity contribution is -0.302. The van der Waals surface area contributed by atoms with Gasteiger partial charge in [0.1, 0.15) is 24.4 Å². The van der Waals surface area contributed by atoms with Crippen molar-refractivity contribution in [3.05, 3.63) is 35.9 Å². The van der Waals surface area contributed by atoms with E-state index in [1.54, 1.807) is 24.3 Å². The molecule has 1 saturated heterocycles. The van der Waals surface area contributed by atoms with Crippen LogP contribution in [0.15, 0.2) is 30.3 Å². The number of aliphatic hydroxyl groups excluding tert-OH is 4. The smallest absolute Gasteiger partial charge is 0.251 e. The van der Waals surface area contributed by atoms with Gasteiger partial charge in [-0.25, -0.2) is 0 Å². The van der Waals surface area contributed by atoms with Crippen molar-refractivity contribution in [2.45, 2.75) is 30.7 Å². The van der Waals surface area contributed by atoms with Gasteiger partial charge in [0.2, 0.25) is 0 Å². The summed E-state index contributed by atoms with van der Waals surface area (Å²) in [5.41, 5.74) is 0.593. The third-order valence-electron chi connectivity index (χ3n) is 4.30. The summed E-state index contributed by atoms with van der Waals surface area (Å²) in [4.78, 5) is 11.8. The Morgan fingerprint density at radius 2 is 1.59 bits per heavy atom. The Morgan fingerprint density at radius 3 is 2.28 bits per heavy atom. The molecule has 1 aromatic rings. The summed E-state index contributed by atoms with van der Waals surface area (Å²) in [7, 11) is 0. The largest absolute Gasteiger partial charge is 0.394 e. The molecule has 2 rings (SSSR count). The van der Waals surface area contributed by atoms with Crippen LogP contribution in [0.25, 0.3) is 0 Å². The molecule has 3 unspecified atom stereocenters. The molecule has 29 heavy (non-hydrogen) atoms. The summed E-state index contributed by atoms with van der Waals surface area (Å²) >= 11 is 0. The van der Waals surface area contributed by atoms with Gasteiger partial charge in [-0.3, -0.25) is 4.79 Å². The minimum absolute atomic E-state index is 0.0792. The van der Waals surface area contributed by atoms with E-state index in [1.807, 2.05) is 6.07 Å². The van der Waals surface area contributed by atoms with Crippen LogP contribution < -0.4 is 5.32 Å². The van der Waals surface area contributed by atoms with Crippen molar-refractivity contribution in [1.82, 2.24) is 5.32 Å². The molecule has 5 N–H and O–H groups in total. The fourth-order valence-electron chi connectivity index (χ4n) is 2.68. The van der Waals surface area contributed by atoms with Crippen molar-refractivity contribution in [3.63, 3.8) is 0 Å². The van der Waals surface area contributed by atoms with Gasteiger partial charge in [-0.2, -0.15) is 0 Å². The highest BCUT2D eigenvalue weighted by atomic mass is 16.7. The van der Waals surface area contributed by atoms with Crippen LogP contribution in [0.1, 0.15) is 10.4 Å². The molecular weight excluding hydrogens is 386 g/mol. The summed E-state index contributed by atoms with van der Waals surface area (Å²) < 4.78 is 21.2. The first-order valence-corrected chi connectivity index (χ1v) is 9.45. The highest BCUT2D eigenvalue weighted by Crippen LogP contribution is 2.21. The zero-order valence-corrected chi connectivity index (χ0v) is 16.1. The van der Waals surface area contributed by atoms with E-state index in [2.05, 4.69) is 5.32 Å². The van der Waals surface area contributed by atoms with Crippen molar-refractivity contribution < 1.29 is 44.2 Å². The van der Waals surface area contributed by atoms with E-state index in [1.165, 1.54) is 0 Å². The molecule has 164 valence electrons. The maximum absolute atomic E-state index is 11.8. The van der Waals surface area contributed by atoms with Crippen molar-refractivity contribution in [2.75, 3.05) is 46.2 Å². The fourth-order valence-corrected chi connectivity index (χ4v) is 2.68. The normalized spacial score (nSPS) is 27.0. The molecule has 0 bridgehead atoms. The first-order valence-electron chi connectivity index (χ1n) is 9.45. The number of amides is 1. The van der Waals surface area contributed by atoms with Gasteiger partial charge in [-0.05, 0) is 12.1 Å². The number of benzene rings is 1. The van der Waals surface area contributed by atoms with E-state index >= 15 is 0 Å². The topological polar surface area (TPSA) is 147 Å². The van der Waals surface area contributed by atoms with E-state index in [4.69, 9.17) is 24.1 Å².